The lowest BCUT2D eigenvalue weighted by molar-refractivity contribution is -0.146. The molecule has 1 aromatic rings. The van der Waals surface area contributed by atoms with E-state index in [2.05, 4.69) is 0 Å². The topological polar surface area (TPSA) is 65.0 Å². The monoisotopic (exact) mass is 282 g/mol. The van der Waals surface area contributed by atoms with Gasteiger partial charge in [0.1, 0.15) is 0 Å². The first-order chi connectivity index (χ1) is 9.58. The smallest absolute Gasteiger partial charge is 0.344 e. The van der Waals surface area contributed by atoms with Crippen LogP contribution in [0.1, 0.15) is 38.4 Å². The molecular formula is C15H22O5. The van der Waals surface area contributed by atoms with Gasteiger partial charge < -0.3 is 19.3 Å². The summed E-state index contributed by atoms with van der Waals surface area (Å²) in [4.78, 5) is 11.4. The van der Waals surface area contributed by atoms with Gasteiger partial charge >= 0.3 is 5.97 Å². The number of carbonyl (C=O) groups excluding carboxylic acids is 1. The molecular weight excluding hydrogens is 260 g/mol. The van der Waals surface area contributed by atoms with E-state index >= 15 is 0 Å². The third kappa shape index (κ3) is 5.09. The second kappa shape index (κ2) is 8.43. The Morgan fingerprint density at radius 3 is 2.70 bits per heavy atom. The molecule has 0 heterocycles. The van der Waals surface area contributed by atoms with Crippen molar-refractivity contribution in [2.45, 2.75) is 32.8 Å². The molecule has 1 N–H and O–H groups in total. The number of hydrogen-bond donors (Lipinski definition) is 1. The van der Waals surface area contributed by atoms with Crippen molar-refractivity contribution in [1.29, 1.82) is 0 Å². The number of unbranched alkanes of at least 4 members (excludes halogenated alkanes) is 1. The highest BCUT2D eigenvalue weighted by Gasteiger charge is 2.11. The van der Waals surface area contributed by atoms with Crippen molar-refractivity contribution < 1.29 is 24.1 Å². The lowest BCUT2D eigenvalue weighted by atomic mass is 10.1. The van der Waals surface area contributed by atoms with Crippen LogP contribution >= 0.6 is 0 Å². The van der Waals surface area contributed by atoms with Crippen molar-refractivity contribution in [2.24, 2.45) is 0 Å². The lowest BCUT2D eigenvalue weighted by Crippen LogP contribution is -2.15. The zero-order valence-electron chi connectivity index (χ0n) is 12.2. The second-order valence-corrected chi connectivity index (χ2v) is 4.45. The fourth-order valence-electron chi connectivity index (χ4n) is 1.57. The molecule has 1 atom stereocenters. The van der Waals surface area contributed by atoms with Crippen molar-refractivity contribution in [3.05, 3.63) is 23.8 Å². The van der Waals surface area contributed by atoms with Crippen LogP contribution in [0.4, 0.5) is 0 Å². The summed E-state index contributed by atoms with van der Waals surface area (Å²) in [6, 6.07) is 5.08. The molecule has 5 heteroatoms. The fraction of sp³-hybridized carbons (Fsp3) is 0.533. The van der Waals surface area contributed by atoms with E-state index < -0.39 is 12.1 Å². The van der Waals surface area contributed by atoms with E-state index in [1.54, 1.807) is 25.1 Å². The zero-order valence-corrected chi connectivity index (χ0v) is 12.2. The van der Waals surface area contributed by atoms with Crippen molar-refractivity contribution in [3.8, 4) is 11.5 Å². The number of ether oxygens (including phenoxy) is 3. The summed E-state index contributed by atoms with van der Waals surface area (Å²) in [6.45, 7) is 3.95. The van der Waals surface area contributed by atoms with Gasteiger partial charge in [-0.15, -0.1) is 0 Å². The molecule has 0 aliphatic carbocycles. The van der Waals surface area contributed by atoms with Crippen molar-refractivity contribution in [2.75, 3.05) is 20.3 Å². The summed E-state index contributed by atoms with van der Waals surface area (Å²) in [7, 11) is 1.51. The van der Waals surface area contributed by atoms with Gasteiger partial charge in [0, 0.05) is 0 Å². The number of esters is 1. The first kappa shape index (κ1) is 16.3. The summed E-state index contributed by atoms with van der Waals surface area (Å²) >= 11 is 0. The van der Waals surface area contributed by atoms with Gasteiger partial charge in [-0.3, -0.25) is 0 Å². The molecule has 0 bridgehead atoms. The number of carbonyl (C=O) groups is 1. The Labute approximate surface area is 119 Å². The lowest BCUT2D eigenvalue weighted by Gasteiger charge is -2.13. The number of methoxy groups -OCH3 is 1. The van der Waals surface area contributed by atoms with Gasteiger partial charge in [-0.05, 0) is 31.0 Å². The van der Waals surface area contributed by atoms with Crippen LogP contribution in [-0.4, -0.2) is 31.4 Å². The van der Waals surface area contributed by atoms with Gasteiger partial charge in [0.05, 0.1) is 19.8 Å². The molecule has 0 saturated heterocycles. The van der Waals surface area contributed by atoms with E-state index in [0.717, 1.165) is 18.4 Å². The SMILES string of the molecule is CCCCOC(=O)COc1ccc([C@H](C)O)cc1OC. The quantitative estimate of drug-likeness (QED) is 0.586. The van der Waals surface area contributed by atoms with E-state index in [1.807, 2.05) is 6.92 Å². The molecule has 1 rings (SSSR count). The van der Waals surface area contributed by atoms with Gasteiger partial charge in [0.2, 0.25) is 0 Å². The molecule has 20 heavy (non-hydrogen) atoms. The van der Waals surface area contributed by atoms with Crippen LogP contribution in [0, 0.1) is 0 Å². The average Bonchev–Trinajstić information content (AvgIpc) is 2.45. The molecule has 0 amide bonds. The minimum atomic E-state index is -0.586. The number of rotatable bonds is 8. The highest BCUT2D eigenvalue weighted by Crippen LogP contribution is 2.30. The molecule has 0 unspecified atom stereocenters. The summed E-state index contributed by atoms with van der Waals surface area (Å²) < 4.78 is 15.5. The maximum Gasteiger partial charge on any atom is 0.344 e. The van der Waals surface area contributed by atoms with Gasteiger partial charge in [0.25, 0.3) is 0 Å². The molecule has 1 aromatic carbocycles. The maximum atomic E-state index is 11.4. The largest absolute Gasteiger partial charge is 0.493 e. The first-order valence-corrected chi connectivity index (χ1v) is 6.73. The van der Waals surface area contributed by atoms with Gasteiger partial charge in [-0.1, -0.05) is 19.4 Å². The Kier molecular flexibility index (Phi) is 6.87. The van der Waals surface area contributed by atoms with Crippen LogP contribution in [0.3, 0.4) is 0 Å². The fourth-order valence-corrected chi connectivity index (χ4v) is 1.57. The van der Waals surface area contributed by atoms with E-state index in [9.17, 15) is 9.90 Å². The van der Waals surface area contributed by atoms with Gasteiger partial charge in [0.15, 0.2) is 18.1 Å². The molecule has 0 fully saturated rings. The van der Waals surface area contributed by atoms with E-state index in [-0.39, 0.29) is 6.61 Å². The second-order valence-electron chi connectivity index (χ2n) is 4.45. The number of benzene rings is 1. The minimum absolute atomic E-state index is 0.159. The van der Waals surface area contributed by atoms with Crippen LogP contribution < -0.4 is 9.47 Å². The van der Waals surface area contributed by atoms with Crippen LogP contribution in [0.25, 0.3) is 0 Å². The van der Waals surface area contributed by atoms with Crippen LogP contribution in [-0.2, 0) is 9.53 Å². The van der Waals surface area contributed by atoms with Crippen molar-refractivity contribution >= 4 is 5.97 Å². The normalized spacial score (nSPS) is 11.8. The predicted molar refractivity (Wildman–Crippen MR) is 75.0 cm³/mol. The third-order valence-corrected chi connectivity index (χ3v) is 2.78. The number of aliphatic hydroxyl groups is 1. The van der Waals surface area contributed by atoms with Gasteiger partial charge in [-0.2, -0.15) is 0 Å². The number of hydrogen-bond acceptors (Lipinski definition) is 5. The molecule has 0 aliphatic rings. The van der Waals surface area contributed by atoms with E-state index in [4.69, 9.17) is 14.2 Å². The highest BCUT2D eigenvalue weighted by molar-refractivity contribution is 5.71. The van der Waals surface area contributed by atoms with Crippen molar-refractivity contribution in [1.82, 2.24) is 0 Å². The third-order valence-electron chi connectivity index (χ3n) is 2.78. The van der Waals surface area contributed by atoms with E-state index in [1.165, 1.54) is 7.11 Å². The summed E-state index contributed by atoms with van der Waals surface area (Å²) in [5.74, 6) is 0.522. The highest BCUT2D eigenvalue weighted by atomic mass is 16.6. The Hall–Kier alpha value is -1.75. The predicted octanol–water partition coefficient (Wildman–Crippen LogP) is 2.47. The summed E-state index contributed by atoms with van der Waals surface area (Å²) in [5.41, 5.74) is 0.722. The Morgan fingerprint density at radius 2 is 2.10 bits per heavy atom. The average molecular weight is 282 g/mol. The standard InChI is InChI=1S/C15H22O5/c1-4-5-8-19-15(17)10-20-13-7-6-12(11(2)16)9-14(13)18-3/h6-7,9,11,16H,4-5,8,10H2,1-3H3/t11-/m0/s1. The molecule has 0 saturated carbocycles. The maximum absolute atomic E-state index is 11.4. The van der Waals surface area contributed by atoms with Crippen LogP contribution in [0.15, 0.2) is 18.2 Å². The Bertz CT molecular complexity index is 428. The minimum Gasteiger partial charge on any atom is -0.493 e. The van der Waals surface area contributed by atoms with Gasteiger partial charge in [-0.25, -0.2) is 4.79 Å². The van der Waals surface area contributed by atoms with E-state index in [0.29, 0.717) is 18.1 Å². The molecule has 0 spiro atoms. The summed E-state index contributed by atoms with van der Waals surface area (Å²) in [5, 5.41) is 9.50. The molecule has 5 nitrogen and oxygen atoms in total. The Balaban J connectivity index is 2.57. The van der Waals surface area contributed by atoms with Crippen molar-refractivity contribution in [3.63, 3.8) is 0 Å². The molecule has 112 valence electrons. The molecule has 0 aromatic heterocycles. The summed E-state index contributed by atoms with van der Waals surface area (Å²) in [6.07, 6.45) is 1.23. The Morgan fingerprint density at radius 1 is 1.35 bits per heavy atom. The zero-order chi connectivity index (χ0) is 15.0. The van der Waals surface area contributed by atoms with Crippen LogP contribution in [0.5, 0.6) is 11.5 Å². The van der Waals surface area contributed by atoms with Crippen LogP contribution in [0.2, 0.25) is 0 Å². The number of aliphatic hydroxyl groups excluding tert-OH is 1. The molecule has 0 aliphatic heterocycles. The first-order valence-electron chi connectivity index (χ1n) is 6.73. The molecule has 0 radical (unpaired) electrons.